The van der Waals surface area contributed by atoms with Gasteiger partial charge >= 0.3 is 0 Å². The molecule has 1 aliphatic heterocycles. The van der Waals surface area contributed by atoms with Crippen LogP contribution in [0.15, 0.2) is 42.6 Å². The number of amides is 1. The summed E-state index contributed by atoms with van der Waals surface area (Å²) in [6.45, 7) is 9.98. The van der Waals surface area contributed by atoms with Crippen molar-refractivity contribution in [2.24, 2.45) is 5.92 Å². The maximum Gasteiger partial charge on any atom is 0.226 e. The summed E-state index contributed by atoms with van der Waals surface area (Å²) in [6.07, 6.45) is 1.82. The van der Waals surface area contributed by atoms with E-state index < -0.39 is 0 Å². The number of pyridine rings is 1. The van der Waals surface area contributed by atoms with E-state index in [2.05, 4.69) is 68.0 Å². The van der Waals surface area contributed by atoms with Crippen molar-refractivity contribution in [2.75, 3.05) is 10.2 Å². The van der Waals surface area contributed by atoms with Crippen molar-refractivity contribution < 1.29 is 4.79 Å². The summed E-state index contributed by atoms with van der Waals surface area (Å²) in [4.78, 5) is 22.5. The van der Waals surface area contributed by atoms with Crippen LogP contribution in [0.2, 0.25) is 0 Å². The van der Waals surface area contributed by atoms with E-state index in [9.17, 15) is 4.79 Å². The zero-order valence-corrected chi connectivity index (χ0v) is 22.3. The first-order valence-corrected chi connectivity index (χ1v) is 12.4. The molecule has 8 heteroatoms. The van der Waals surface area contributed by atoms with Crippen LogP contribution in [0.3, 0.4) is 0 Å². The fourth-order valence-corrected chi connectivity index (χ4v) is 5.47. The van der Waals surface area contributed by atoms with E-state index in [-0.39, 0.29) is 23.9 Å². The molecule has 3 N–H and O–H groups in total. The average molecular weight is 574 g/mol. The van der Waals surface area contributed by atoms with Crippen molar-refractivity contribution in [1.82, 2.24) is 15.3 Å². The molecule has 2 atom stereocenters. The lowest BCUT2D eigenvalue weighted by atomic mass is 9.96. The maximum absolute atomic E-state index is 12.2. The van der Waals surface area contributed by atoms with Gasteiger partial charge in [0.05, 0.1) is 17.8 Å². The van der Waals surface area contributed by atoms with Crippen LogP contribution < -0.4 is 15.5 Å². The SMILES string of the molecule is Cc1cc(N2C(=S)N[C@@H](c3ccccn3)[C@@H]2c2c(C)[nH]c(C)c2I)ccc1NC(=O)C(C)C. The Hall–Kier alpha value is -2.46. The Balaban J connectivity index is 1.80. The van der Waals surface area contributed by atoms with Crippen molar-refractivity contribution >= 4 is 57.2 Å². The number of hydrogen-bond donors (Lipinski definition) is 3. The molecule has 0 aliphatic carbocycles. The van der Waals surface area contributed by atoms with Gasteiger partial charge in [-0.15, -0.1) is 0 Å². The first-order chi connectivity index (χ1) is 15.7. The lowest BCUT2D eigenvalue weighted by Gasteiger charge is -2.29. The Morgan fingerprint density at radius 2 is 1.94 bits per heavy atom. The Kier molecular flexibility index (Phi) is 6.76. The molecule has 6 nitrogen and oxygen atoms in total. The lowest BCUT2D eigenvalue weighted by molar-refractivity contribution is -0.118. The van der Waals surface area contributed by atoms with Crippen molar-refractivity contribution in [3.8, 4) is 0 Å². The molecule has 0 saturated carbocycles. The standard InChI is InChI=1S/C25H28IN5OS/c1-13(2)24(32)29-18-10-9-17(12-14(18)3)31-23(20-15(4)28-16(5)21(20)26)22(30-25(31)33)19-8-6-7-11-27-19/h6-13,22-23,28H,1-5H3,(H,29,32)(H,30,33)/t22-,23-/m0/s1. The zero-order chi connectivity index (χ0) is 23.9. The molecule has 1 saturated heterocycles. The summed E-state index contributed by atoms with van der Waals surface area (Å²) in [6, 6.07) is 11.9. The van der Waals surface area contributed by atoms with E-state index in [1.807, 2.05) is 57.3 Å². The van der Waals surface area contributed by atoms with Crippen molar-refractivity contribution in [3.63, 3.8) is 0 Å². The minimum atomic E-state index is -0.0956. The van der Waals surface area contributed by atoms with Gasteiger partial charge in [-0.2, -0.15) is 0 Å². The van der Waals surface area contributed by atoms with Crippen LogP contribution in [0.25, 0.3) is 0 Å². The molecule has 1 fully saturated rings. The number of thiocarbonyl (C=S) groups is 1. The fraction of sp³-hybridized carbons (Fsp3) is 0.320. The zero-order valence-electron chi connectivity index (χ0n) is 19.4. The molecule has 172 valence electrons. The Labute approximate surface area is 213 Å². The number of nitrogens with zero attached hydrogens (tertiary/aromatic N) is 2. The van der Waals surface area contributed by atoms with Crippen LogP contribution in [0.1, 0.15) is 54.1 Å². The Morgan fingerprint density at radius 3 is 2.52 bits per heavy atom. The van der Waals surface area contributed by atoms with E-state index in [4.69, 9.17) is 12.2 Å². The second-order valence-electron chi connectivity index (χ2n) is 8.74. The number of aromatic amines is 1. The van der Waals surface area contributed by atoms with Crippen LogP contribution in [0.4, 0.5) is 11.4 Å². The highest BCUT2D eigenvalue weighted by Gasteiger charge is 2.43. The number of rotatable bonds is 5. The Bertz CT molecular complexity index is 1210. The van der Waals surface area contributed by atoms with Gasteiger partial charge in [0.2, 0.25) is 5.91 Å². The smallest absolute Gasteiger partial charge is 0.226 e. The summed E-state index contributed by atoms with van der Waals surface area (Å²) in [5.74, 6) is -0.0740. The van der Waals surface area contributed by atoms with Crippen molar-refractivity contribution in [2.45, 2.75) is 46.7 Å². The number of carbonyl (C=O) groups excluding carboxylic acids is 1. The molecule has 3 aromatic rings. The van der Waals surface area contributed by atoms with E-state index in [1.54, 1.807) is 0 Å². The van der Waals surface area contributed by atoms with Gasteiger partial charge in [-0.05, 0) is 91.5 Å². The molecule has 0 bridgehead atoms. The van der Waals surface area contributed by atoms with E-state index in [1.165, 1.54) is 9.13 Å². The third kappa shape index (κ3) is 4.50. The van der Waals surface area contributed by atoms with Crippen LogP contribution >= 0.6 is 34.8 Å². The number of H-pyrrole nitrogens is 1. The van der Waals surface area contributed by atoms with Gasteiger partial charge in [0.1, 0.15) is 0 Å². The minimum Gasteiger partial charge on any atom is -0.362 e. The number of hydrogen-bond acceptors (Lipinski definition) is 3. The predicted octanol–water partition coefficient (Wildman–Crippen LogP) is 5.71. The van der Waals surface area contributed by atoms with Gasteiger partial charge in [0.25, 0.3) is 0 Å². The number of aromatic nitrogens is 2. The van der Waals surface area contributed by atoms with Gasteiger partial charge in [0.15, 0.2) is 5.11 Å². The monoisotopic (exact) mass is 573 g/mol. The third-order valence-corrected chi connectivity index (χ3v) is 7.71. The minimum absolute atomic E-state index is 0.00489. The molecule has 1 aromatic carbocycles. The molecule has 0 unspecified atom stereocenters. The fourth-order valence-electron chi connectivity index (χ4n) is 4.26. The molecule has 33 heavy (non-hydrogen) atoms. The highest BCUT2D eigenvalue weighted by molar-refractivity contribution is 14.1. The lowest BCUT2D eigenvalue weighted by Crippen LogP contribution is -2.30. The third-order valence-electron chi connectivity index (χ3n) is 6.01. The van der Waals surface area contributed by atoms with Crippen molar-refractivity contribution in [1.29, 1.82) is 0 Å². The first kappa shape index (κ1) is 23.7. The molecule has 0 radical (unpaired) electrons. The highest BCUT2D eigenvalue weighted by Crippen LogP contribution is 2.45. The summed E-state index contributed by atoms with van der Waals surface area (Å²) in [5, 5.41) is 7.19. The predicted molar refractivity (Wildman–Crippen MR) is 146 cm³/mol. The van der Waals surface area contributed by atoms with E-state index >= 15 is 0 Å². The largest absolute Gasteiger partial charge is 0.362 e. The topological polar surface area (TPSA) is 73.1 Å². The quantitative estimate of drug-likeness (QED) is 0.270. The second kappa shape index (κ2) is 9.42. The number of halogens is 1. The van der Waals surface area contributed by atoms with E-state index in [0.717, 1.165) is 34.0 Å². The Morgan fingerprint density at radius 1 is 1.18 bits per heavy atom. The molecular formula is C25H28IN5OS. The van der Waals surface area contributed by atoms with Crippen LogP contribution in [0.5, 0.6) is 0 Å². The van der Waals surface area contributed by atoms with E-state index in [0.29, 0.717) is 5.11 Å². The maximum atomic E-state index is 12.2. The van der Waals surface area contributed by atoms with Gasteiger partial charge in [-0.1, -0.05) is 19.9 Å². The van der Waals surface area contributed by atoms with Gasteiger partial charge in [-0.25, -0.2) is 0 Å². The summed E-state index contributed by atoms with van der Waals surface area (Å²) >= 11 is 8.27. The number of aryl methyl sites for hydroxylation is 3. The van der Waals surface area contributed by atoms with Gasteiger partial charge < -0.3 is 20.5 Å². The second-order valence-corrected chi connectivity index (χ2v) is 10.2. The number of benzene rings is 1. The van der Waals surface area contributed by atoms with Gasteiger partial charge in [0, 0.05) is 44.0 Å². The molecule has 3 heterocycles. The molecular weight excluding hydrogens is 545 g/mol. The normalized spacial score (nSPS) is 18.0. The van der Waals surface area contributed by atoms with Crippen molar-refractivity contribution in [3.05, 3.63) is 74.4 Å². The van der Waals surface area contributed by atoms with Crippen LogP contribution in [-0.4, -0.2) is 21.0 Å². The molecule has 1 amide bonds. The highest BCUT2D eigenvalue weighted by atomic mass is 127. The van der Waals surface area contributed by atoms with Crippen LogP contribution in [0, 0.1) is 30.3 Å². The number of anilines is 2. The summed E-state index contributed by atoms with van der Waals surface area (Å²) < 4.78 is 1.20. The summed E-state index contributed by atoms with van der Waals surface area (Å²) in [7, 11) is 0. The molecule has 1 aliphatic rings. The number of nitrogens with one attached hydrogen (secondary N) is 3. The summed E-state index contributed by atoms with van der Waals surface area (Å²) in [5.41, 5.74) is 7.20. The average Bonchev–Trinajstić information content (AvgIpc) is 3.24. The number of carbonyl (C=O) groups is 1. The first-order valence-electron chi connectivity index (χ1n) is 11.0. The van der Waals surface area contributed by atoms with Gasteiger partial charge in [-0.3, -0.25) is 9.78 Å². The molecule has 0 spiro atoms. The van der Waals surface area contributed by atoms with Crippen LogP contribution in [-0.2, 0) is 4.79 Å². The molecule has 2 aromatic heterocycles. The molecule has 4 rings (SSSR count).